The maximum absolute atomic E-state index is 12.6. The first-order valence-corrected chi connectivity index (χ1v) is 6.04. The summed E-state index contributed by atoms with van der Waals surface area (Å²) in [6.45, 7) is 0. The third-order valence-electron chi connectivity index (χ3n) is 2.96. The van der Waals surface area contributed by atoms with Crippen LogP contribution in [0.25, 0.3) is 10.8 Å². The van der Waals surface area contributed by atoms with Gasteiger partial charge >= 0.3 is 0 Å². The lowest BCUT2D eigenvalue weighted by Gasteiger charge is -2.06. The van der Waals surface area contributed by atoms with Crippen LogP contribution in [-0.2, 0) is 0 Å². The highest BCUT2D eigenvalue weighted by Crippen LogP contribution is 2.21. The molecule has 3 rings (SSSR count). The van der Waals surface area contributed by atoms with Crippen LogP contribution in [0.1, 0.15) is 16.2 Å². The van der Waals surface area contributed by atoms with Gasteiger partial charge in [-0.25, -0.2) is 9.97 Å². The van der Waals surface area contributed by atoms with Crippen molar-refractivity contribution in [3.05, 3.63) is 60.3 Å². The number of ether oxygens (including phenoxy) is 1. The summed E-state index contributed by atoms with van der Waals surface area (Å²) in [7, 11) is 1.46. The molecule has 5 heteroatoms. The number of pyridine rings is 1. The lowest BCUT2D eigenvalue weighted by Crippen LogP contribution is -2.10. The first-order valence-electron chi connectivity index (χ1n) is 6.04. The summed E-state index contributed by atoms with van der Waals surface area (Å²) in [5.41, 5.74) is 0.515. The highest BCUT2D eigenvalue weighted by molar-refractivity contribution is 6.14. The van der Waals surface area contributed by atoms with Crippen molar-refractivity contribution in [3.8, 4) is 5.88 Å². The second-order valence-corrected chi connectivity index (χ2v) is 4.12. The van der Waals surface area contributed by atoms with E-state index >= 15 is 0 Å². The van der Waals surface area contributed by atoms with E-state index in [2.05, 4.69) is 15.0 Å². The quantitative estimate of drug-likeness (QED) is 0.680. The van der Waals surface area contributed by atoms with Gasteiger partial charge in [0.05, 0.1) is 7.11 Å². The van der Waals surface area contributed by atoms with Crippen molar-refractivity contribution in [1.82, 2.24) is 15.0 Å². The number of carbonyl (C=O) groups is 1. The van der Waals surface area contributed by atoms with Crippen LogP contribution < -0.4 is 4.74 Å². The van der Waals surface area contributed by atoms with Gasteiger partial charge in [0.15, 0.2) is 5.69 Å². The van der Waals surface area contributed by atoms with Gasteiger partial charge in [0.1, 0.15) is 5.69 Å². The minimum Gasteiger partial charge on any atom is -0.479 e. The molecule has 3 aromatic rings. The zero-order valence-electron chi connectivity index (χ0n) is 10.8. The van der Waals surface area contributed by atoms with Crippen LogP contribution in [0.2, 0.25) is 0 Å². The Morgan fingerprint density at radius 2 is 1.70 bits per heavy atom. The molecule has 0 aliphatic rings. The van der Waals surface area contributed by atoms with E-state index < -0.39 is 0 Å². The zero-order chi connectivity index (χ0) is 13.9. The van der Waals surface area contributed by atoms with Gasteiger partial charge < -0.3 is 4.74 Å². The molecule has 2 aromatic heterocycles. The molecule has 5 nitrogen and oxygen atoms in total. The first-order chi connectivity index (χ1) is 9.81. The summed E-state index contributed by atoms with van der Waals surface area (Å²) in [5, 5.41) is 1.74. The summed E-state index contributed by atoms with van der Waals surface area (Å²) >= 11 is 0. The van der Waals surface area contributed by atoms with Gasteiger partial charge in [-0.05, 0) is 11.5 Å². The van der Waals surface area contributed by atoms with E-state index in [-0.39, 0.29) is 17.4 Å². The molecular weight excluding hydrogens is 254 g/mol. The molecule has 0 unspecified atom stereocenters. The average molecular weight is 265 g/mol. The van der Waals surface area contributed by atoms with Crippen molar-refractivity contribution >= 4 is 16.6 Å². The minimum atomic E-state index is -0.299. The van der Waals surface area contributed by atoms with Crippen LogP contribution in [0.5, 0.6) is 5.88 Å². The normalized spacial score (nSPS) is 10.4. The fraction of sp³-hybridized carbons (Fsp3) is 0.0667. The number of methoxy groups -OCH3 is 1. The third-order valence-corrected chi connectivity index (χ3v) is 2.96. The van der Waals surface area contributed by atoms with Crippen LogP contribution in [0.4, 0.5) is 0 Å². The highest BCUT2D eigenvalue weighted by atomic mass is 16.5. The average Bonchev–Trinajstić information content (AvgIpc) is 2.53. The Kier molecular flexibility index (Phi) is 3.09. The maximum atomic E-state index is 12.6. The number of ketones is 1. The molecule has 1 aromatic carbocycles. The number of benzene rings is 1. The molecule has 0 bridgehead atoms. The summed E-state index contributed by atoms with van der Waals surface area (Å²) in [5.74, 6) is -0.0982. The largest absolute Gasteiger partial charge is 0.479 e. The van der Waals surface area contributed by atoms with Gasteiger partial charge in [-0.1, -0.05) is 24.3 Å². The molecule has 2 heterocycles. The summed E-state index contributed by atoms with van der Waals surface area (Å²) in [6.07, 6.45) is 4.55. The summed E-state index contributed by atoms with van der Waals surface area (Å²) < 4.78 is 5.08. The molecule has 0 spiro atoms. The molecular formula is C15H11N3O2. The Bertz CT molecular complexity index is 781. The number of hydrogen-bond donors (Lipinski definition) is 0. The predicted octanol–water partition coefficient (Wildman–Crippen LogP) is 2.26. The predicted molar refractivity (Wildman–Crippen MR) is 73.8 cm³/mol. The number of nitrogens with zero attached hydrogens (tertiary/aromatic N) is 3. The van der Waals surface area contributed by atoms with Gasteiger partial charge in [0.25, 0.3) is 0 Å². The summed E-state index contributed by atoms with van der Waals surface area (Å²) in [4.78, 5) is 24.8. The van der Waals surface area contributed by atoms with E-state index in [9.17, 15) is 4.79 Å². The van der Waals surface area contributed by atoms with Gasteiger partial charge in [0.2, 0.25) is 11.7 Å². The molecule has 98 valence electrons. The smallest absolute Gasteiger partial charge is 0.243 e. The van der Waals surface area contributed by atoms with Crippen LogP contribution in [0, 0.1) is 0 Å². The van der Waals surface area contributed by atoms with Crippen molar-refractivity contribution in [2.45, 2.75) is 0 Å². The van der Waals surface area contributed by atoms with E-state index in [0.29, 0.717) is 5.69 Å². The number of hydrogen-bond acceptors (Lipinski definition) is 5. The Morgan fingerprint density at radius 3 is 2.55 bits per heavy atom. The topological polar surface area (TPSA) is 65.0 Å². The lowest BCUT2D eigenvalue weighted by atomic mass is 10.1. The monoisotopic (exact) mass is 265 g/mol. The number of carbonyl (C=O) groups excluding carboxylic acids is 1. The van der Waals surface area contributed by atoms with Gasteiger partial charge in [-0.3, -0.25) is 9.78 Å². The molecule has 0 N–H and O–H groups in total. The molecule has 0 aliphatic heterocycles. The van der Waals surface area contributed by atoms with Gasteiger partial charge in [-0.15, -0.1) is 0 Å². The third kappa shape index (κ3) is 1.99. The van der Waals surface area contributed by atoms with E-state index in [1.54, 1.807) is 6.20 Å². The zero-order valence-corrected chi connectivity index (χ0v) is 10.8. The van der Waals surface area contributed by atoms with Crippen molar-refractivity contribution in [2.24, 2.45) is 0 Å². The van der Waals surface area contributed by atoms with Crippen LogP contribution in [-0.4, -0.2) is 27.8 Å². The highest BCUT2D eigenvalue weighted by Gasteiger charge is 2.20. The molecule has 20 heavy (non-hydrogen) atoms. The maximum Gasteiger partial charge on any atom is 0.243 e. The molecule has 0 aliphatic carbocycles. The van der Waals surface area contributed by atoms with Crippen LogP contribution in [0.15, 0.2) is 48.9 Å². The number of aromatic nitrogens is 3. The molecule has 0 saturated carbocycles. The van der Waals surface area contributed by atoms with Crippen molar-refractivity contribution in [3.63, 3.8) is 0 Å². The van der Waals surface area contributed by atoms with E-state index in [4.69, 9.17) is 4.74 Å². The van der Waals surface area contributed by atoms with Crippen LogP contribution in [0.3, 0.4) is 0 Å². The van der Waals surface area contributed by atoms with Crippen LogP contribution >= 0.6 is 0 Å². The second-order valence-electron chi connectivity index (χ2n) is 4.12. The number of fused-ring (bicyclic) bond motifs is 1. The SMILES string of the molecule is COc1nccnc1C(=O)c1nccc2ccccc12. The van der Waals surface area contributed by atoms with Gasteiger partial charge in [-0.2, -0.15) is 0 Å². The molecule has 0 amide bonds. The second kappa shape index (κ2) is 5.05. The molecule has 0 atom stereocenters. The Morgan fingerprint density at radius 1 is 0.950 bits per heavy atom. The van der Waals surface area contributed by atoms with E-state index in [0.717, 1.165) is 10.8 Å². The van der Waals surface area contributed by atoms with E-state index in [1.807, 2.05) is 30.3 Å². The summed E-state index contributed by atoms with van der Waals surface area (Å²) in [6, 6.07) is 9.44. The Labute approximate surface area is 115 Å². The Hall–Kier alpha value is -2.82. The fourth-order valence-electron chi connectivity index (χ4n) is 2.04. The Balaban J connectivity index is 2.18. The van der Waals surface area contributed by atoms with Crippen molar-refractivity contribution in [2.75, 3.05) is 7.11 Å². The number of rotatable bonds is 3. The fourth-order valence-corrected chi connectivity index (χ4v) is 2.04. The standard InChI is InChI=1S/C15H11N3O2/c1-20-15-13(17-8-9-18-15)14(19)12-11-5-3-2-4-10(11)6-7-16-12/h2-9H,1H3. The van der Waals surface area contributed by atoms with Crippen molar-refractivity contribution in [1.29, 1.82) is 0 Å². The first kappa shape index (κ1) is 12.2. The lowest BCUT2D eigenvalue weighted by molar-refractivity contribution is 0.102. The molecule has 0 fully saturated rings. The molecule has 0 saturated heterocycles. The van der Waals surface area contributed by atoms with Crippen molar-refractivity contribution < 1.29 is 9.53 Å². The minimum absolute atomic E-state index is 0.166. The molecule has 0 radical (unpaired) electrons. The van der Waals surface area contributed by atoms with E-state index in [1.165, 1.54) is 19.5 Å². The van der Waals surface area contributed by atoms with Gasteiger partial charge in [0, 0.05) is 24.0 Å².